The van der Waals surface area contributed by atoms with Crippen molar-refractivity contribution < 1.29 is 9.47 Å². The molecular weight excluding hydrogens is 328 g/mol. The lowest BCUT2D eigenvalue weighted by atomic mass is 9.99. The van der Waals surface area contributed by atoms with Crippen molar-refractivity contribution in [3.63, 3.8) is 0 Å². The first-order valence-electron chi connectivity index (χ1n) is 10.6. The van der Waals surface area contributed by atoms with Crippen LogP contribution in [-0.2, 0) is 9.47 Å². The molecule has 0 amide bonds. The van der Waals surface area contributed by atoms with Gasteiger partial charge in [-0.15, -0.1) is 0 Å². The maximum Gasteiger partial charge on any atom is 0.191 e. The second-order valence-electron chi connectivity index (χ2n) is 8.02. The van der Waals surface area contributed by atoms with Crippen LogP contribution in [0.5, 0.6) is 0 Å². The maximum atomic E-state index is 5.93. The van der Waals surface area contributed by atoms with E-state index < -0.39 is 0 Å². The summed E-state index contributed by atoms with van der Waals surface area (Å²) >= 11 is 0. The largest absolute Gasteiger partial charge is 0.381 e. The fourth-order valence-electron chi connectivity index (χ4n) is 3.59. The van der Waals surface area contributed by atoms with E-state index in [1.807, 2.05) is 0 Å². The van der Waals surface area contributed by atoms with Crippen molar-refractivity contribution in [1.82, 2.24) is 15.5 Å². The molecule has 0 aromatic rings. The molecule has 2 fully saturated rings. The van der Waals surface area contributed by atoms with Crippen LogP contribution in [-0.4, -0.2) is 75.0 Å². The molecule has 0 atom stereocenters. The second-order valence-corrected chi connectivity index (χ2v) is 8.02. The number of aliphatic imine (C=N–C) groups is 1. The summed E-state index contributed by atoms with van der Waals surface area (Å²) in [4.78, 5) is 7.43. The highest BCUT2D eigenvalue weighted by atomic mass is 16.5. The summed E-state index contributed by atoms with van der Waals surface area (Å²) in [6, 6.07) is 0. The van der Waals surface area contributed by atoms with Crippen LogP contribution in [0.1, 0.15) is 59.3 Å². The monoisotopic (exact) mass is 368 g/mol. The summed E-state index contributed by atoms with van der Waals surface area (Å²) in [6.45, 7) is 14.2. The molecule has 2 heterocycles. The molecule has 152 valence electrons. The van der Waals surface area contributed by atoms with Gasteiger partial charge in [-0.05, 0) is 66.0 Å². The third kappa shape index (κ3) is 7.80. The number of hydrogen-bond donors (Lipinski definition) is 2. The predicted molar refractivity (Wildman–Crippen MR) is 108 cm³/mol. The van der Waals surface area contributed by atoms with E-state index in [9.17, 15) is 0 Å². The Morgan fingerprint density at radius 1 is 1.15 bits per heavy atom. The molecule has 2 N–H and O–H groups in total. The van der Waals surface area contributed by atoms with E-state index in [1.165, 1.54) is 32.4 Å². The van der Waals surface area contributed by atoms with Crippen LogP contribution in [0.3, 0.4) is 0 Å². The number of piperidine rings is 1. The first-order valence-corrected chi connectivity index (χ1v) is 10.6. The third-order valence-electron chi connectivity index (χ3n) is 5.32. The molecular formula is C20H40N4O2. The third-order valence-corrected chi connectivity index (χ3v) is 5.32. The average Bonchev–Trinajstić information content (AvgIpc) is 2.67. The van der Waals surface area contributed by atoms with Crippen LogP contribution < -0.4 is 10.6 Å². The number of guanidine groups is 1. The van der Waals surface area contributed by atoms with Crippen LogP contribution in [0.25, 0.3) is 0 Å². The lowest BCUT2D eigenvalue weighted by molar-refractivity contribution is -0.0320. The van der Waals surface area contributed by atoms with Crippen molar-refractivity contribution in [2.45, 2.75) is 70.9 Å². The van der Waals surface area contributed by atoms with Gasteiger partial charge in [0.1, 0.15) is 0 Å². The summed E-state index contributed by atoms with van der Waals surface area (Å²) in [6.07, 6.45) is 7.45. The van der Waals surface area contributed by atoms with Crippen molar-refractivity contribution in [1.29, 1.82) is 0 Å². The first-order chi connectivity index (χ1) is 12.6. The van der Waals surface area contributed by atoms with E-state index in [0.29, 0.717) is 6.10 Å². The van der Waals surface area contributed by atoms with Crippen molar-refractivity contribution >= 4 is 5.96 Å². The Morgan fingerprint density at radius 2 is 1.88 bits per heavy atom. The van der Waals surface area contributed by atoms with Gasteiger partial charge in [0, 0.05) is 38.4 Å². The molecule has 2 saturated heterocycles. The molecule has 2 rings (SSSR count). The standard InChI is InChI=1S/C20H40N4O2/c1-4-21-19(22-11-8-14-26-18-9-15-25-16-10-18)23-17-20(2,3)24-12-6-5-7-13-24/h18H,4-17H2,1-3H3,(H2,21,22,23). The fraction of sp³-hybridized carbons (Fsp3) is 0.950. The van der Waals surface area contributed by atoms with E-state index in [0.717, 1.165) is 64.7 Å². The molecule has 0 spiro atoms. The summed E-state index contributed by atoms with van der Waals surface area (Å²) in [7, 11) is 0. The molecule has 0 aliphatic carbocycles. The van der Waals surface area contributed by atoms with Crippen LogP contribution in [0, 0.1) is 0 Å². The quantitative estimate of drug-likeness (QED) is 0.372. The van der Waals surface area contributed by atoms with Gasteiger partial charge in [0.2, 0.25) is 0 Å². The summed E-state index contributed by atoms with van der Waals surface area (Å²) < 4.78 is 11.3. The number of likely N-dealkylation sites (tertiary alicyclic amines) is 1. The highest BCUT2D eigenvalue weighted by Gasteiger charge is 2.27. The van der Waals surface area contributed by atoms with Crippen molar-refractivity contribution in [3.8, 4) is 0 Å². The number of nitrogens with zero attached hydrogens (tertiary/aromatic N) is 2. The minimum Gasteiger partial charge on any atom is -0.381 e. The molecule has 0 radical (unpaired) electrons. The summed E-state index contributed by atoms with van der Waals surface area (Å²) in [5, 5.41) is 6.81. The van der Waals surface area contributed by atoms with Gasteiger partial charge in [-0.1, -0.05) is 6.42 Å². The Kier molecular flexibility index (Phi) is 9.72. The van der Waals surface area contributed by atoms with Crippen molar-refractivity contribution in [2.24, 2.45) is 4.99 Å². The van der Waals surface area contributed by atoms with Gasteiger partial charge in [-0.3, -0.25) is 9.89 Å². The van der Waals surface area contributed by atoms with Crippen LogP contribution in [0.2, 0.25) is 0 Å². The highest BCUT2D eigenvalue weighted by molar-refractivity contribution is 5.79. The van der Waals surface area contributed by atoms with Gasteiger partial charge in [0.05, 0.1) is 12.6 Å². The van der Waals surface area contributed by atoms with Gasteiger partial charge in [0.25, 0.3) is 0 Å². The zero-order chi connectivity index (χ0) is 18.7. The molecule has 2 aliphatic heterocycles. The SMILES string of the molecule is CCNC(=NCC(C)(C)N1CCCCC1)NCCCOC1CCOCC1. The smallest absolute Gasteiger partial charge is 0.191 e. The van der Waals surface area contributed by atoms with Crippen LogP contribution >= 0.6 is 0 Å². The zero-order valence-corrected chi connectivity index (χ0v) is 17.2. The molecule has 6 nitrogen and oxygen atoms in total. The lowest BCUT2D eigenvalue weighted by Crippen LogP contribution is -2.49. The second kappa shape index (κ2) is 11.8. The van der Waals surface area contributed by atoms with Gasteiger partial charge < -0.3 is 20.1 Å². The zero-order valence-electron chi connectivity index (χ0n) is 17.2. The number of hydrogen-bond acceptors (Lipinski definition) is 4. The van der Waals surface area contributed by atoms with Crippen LogP contribution in [0.4, 0.5) is 0 Å². The van der Waals surface area contributed by atoms with Gasteiger partial charge >= 0.3 is 0 Å². The van der Waals surface area contributed by atoms with E-state index >= 15 is 0 Å². The Balaban J connectivity index is 1.68. The van der Waals surface area contributed by atoms with Gasteiger partial charge in [-0.25, -0.2) is 0 Å². The van der Waals surface area contributed by atoms with E-state index in [-0.39, 0.29) is 5.54 Å². The van der Waals surface area contributed by atoms with E-state index in [2.05, 4.69) is 36.3 Å². The maximum absolute atomic E-state index is 5.93. The van der Waals surface area contributed by atoms with Crippen LogP contribution in [0.15, 0.2) is 4.99 Å². The Labute approximate surface area is 160 Å². The molecule has 6 heteroatoms. The van der Waals surface area contributed by atoms with Crippen molar-refractivity contribution in [2.75, 3.05) is 52.5 Å². The molecule has 26 heavy (non-hydrogen) atoms. The minimum absolute atomic E-state index is 0.120. The molecule has 0 aromatic heterocycles. The summed E-state index contributed by atoms with van der Waals surface area (Å²) in [5.41, 5.74) is 0.120. The van der Waals surface area contributed by atoms with E-state index in [4.69, 9.17) is 14.5 Å². The minimum atomic E-state index is 0.120. The summed E-state index contributed by atoms with van der Waals surface area (Å²) in [5.74, 6) is 0.920. The molecule has 0 aromatic carbocycles. The lowest BCUT2D eigenvalue weighted by Gasteiger charge is -2.40. The number of rotatable bonds is 9. The fourth-order valence-corrected chi connectivity index (χ4v) is 3.59. The topological polar surface area (TPSA) is 58.1 Å². The average molecular weight is 369 g/mol. The first kappa shape index (κ1) is 21.5. The normalized spacial score (nSPS) is 21.0. The molecule has 0 bridgehead atoms. The predicted octanol–water partition coefficient (Wildman–Crippen LogP) is 2.39. The molecule has 2 aliphatic rings. The van der Waals surface area contributed by atoms with Gasteiger partial charge in [-0.2, -0.15) is 0 Å². The van der Waals surface area contributed by atoms with Gasteiger partial charge in [0.15, 0.2) is 5.96 Å². The van der Waals surface area contributed by atoms with Crippen molar-refractivity contribution in [3.05, 3.63) is 0 Å². The number of nitrogens with one attached hydrogen (secondary N) is 2. The Morgan fingerprint density at radius 3 is 2.58 bits per heavy atom. The highest BCUT2D eigenvalue weighted by Crippen LogP contribution is 2.20. The number of ether oxygens (including phenoxy) is 2. The van der Waals surface area contributed by atoms with E-state index in [1.54, 1.807) is 0 Å². The Bertz CT molecular complexity index is 403. The molecule has 0 unspecified atom stereocenters. The molecule has 0 saturated carbocycles. The Hall–Kier alpha value is -0.850.